The number of thiazole rings is 1. The molecule has 1 saturated heterocycles. The van der Waals surface area contributed by atoms with Crippen LogP contribution < -0.4 is 15.0 Å². The fourth-order valence-electron chi connectivity index (χ4n) is 3.53. The Morgan fingerprint density at radius 3 is 2.58 bits per heavy atom. The van der Waals surface area contributed by atoms with Crippen molar-refractivity contribution in [2.24, 2.45) is 5.92 Å². The zero-order chi connectivity index (χ0) is 23.4. The van der Waals surface area contributed by atoms with E-state index in [4.69, 9.17) is 9.47 Å². The van der Waals surface area contributed by atoms with Crippen molar-refractivity contribution in [2.75, 3.05) is 23.9 Å². The average Bonchev–Trinajstić information content (AvgIpc) is 3.40. The molecule has 1 atom stereocenters. The van der Waals surface area contributed by atoms with Crippen molar-refractivity contribution in [1.29, 1.82) is 0 Å². The molecule has 2 heterocycles. The topological polar surface area (TPSA) is 97.8 Å². The van der Waals surface area contributed by atoms with Crippen LogP contribution in [0.1, 0.15) is 27.3 Å². The first-order chi connectivity index (χ1) is 15.9. The molecule has 1 aromatic heterocycles. The van der Waals surface area contributed by atoms with Gasteiger partial charge in [0.15, 0.2) is 5.13 Å². The molecule has 9 heteroatoms. The smallest absolute Gasteiger partial charge is 0.350 e. The maximum atomic E-state index is 12.8. The third-order valence-electron chi connectivity index (χ3n) is 5.30. The Bertz CT molecular complexity index is 1160. The number of carbonyl (C=O) groups is 3. The van der Waals surface area contributed by atoms with Crippen molar-refractivity contribution in [1.82, 2.24) is 4.98 Å². The van der Waals surface area contributed by atoms with Gasteiger partial charge in [-0.15, -0.1) is 0 Å². The molecule has 4 rings (SSSR count). The predicted molar refractivity (Wildman–Crippen MR) is 124 cm³/mol. The van der Waals surface area contributed by atoms with Gasteiger partial charge in [0.05, 0.1) is 18.7 Å². The molecule has 0 aliphatic carbocycles. The van der Waals surface area contributed by atoms with E-state index in [9.17, 15) is 14.4 Å². The van der Waals surface area contributed by atoms with E-state index < -0.39 is 11.9 Å². The summed E-state index contributed by atoms with van der Waals surface area (Å²) in [5.41, 5.74) is 2.08. The predicted octanol–water partition coefficient (Wildman–Crippen LogP) is 3.81. The number of ether oxygens (including phenoxy) is 2. The van der Waals surface area contributed by atoms with Crippen LogP contribution in [0.3, 0.4) is 0 Å². The van der Waals surface area contributed by atoms with Crippen LogP contribution in [0.15, 0.2) is 54.6 Å². The van der Waals surface area contributed by atoms with Gasteiger partial charge in [-0.25, -0.2) is 9.78 Å². The van der Waals surface area contributed by atoms with Crippen LogP contribution in [0.5, 0.6) is 5.75 Å². The Hall–Kier alpha value is -3.72. The zero-order valence-corrected chi connectivity index (χ0v) is 19.1. The van der Waals surface area contributed by atoms with Gasteiger partial charge in [-0.05, 0) is 36.8 Å². The molecule has 1 N–H and O–H groups in total. The average molecular weight is 466 g/mol. The van der Waals surface area contributed by atoms with Crippen LogP contribution in [0, 0.1) is 12.8 Å². The van der Waals surface area contributed by atoms with Crippen molar-refractivity contribution >= 4 is 39.9 Å². The summed E-state index contributed by atoms with van der Waals surface area (Å²) in [4.78, 5) is 43.9. The molecule has 2 amide bonds. The monoisotopic (exact) mass is 465 g/mol. The molecule has 1 aliphatic rings. The van der Waals surface area contributed by atoms with Crippen LogP contribution in [0.25, 0.3) is 0 Å². The van der Waals surface area contributed by atoms with Crippen molar-refractivity contribution in [3.05, 3.63) is 70.7 Å². The van der Waals surface area contributed by atoms with Gasteiger partial charge >= 0.3 is 5.97 Å². The molecule has 0 spiro atoms. The number of aromatic nitrogens is 1. The highest BCUT2D eigenvalue weighted by Gasteiger charge is 2.35. The molecule has 0 saturated carbocycles. The minimum absolute atomic E-state index is 0.105. The van der Waals surface area contributed by atoms with Gasteiger partial charge in [-0.1, -0.05) is 41.7 Å². The van der Waals surface area contributed by atoms with E-state index in [1.807, 2.05) is 30.3 Å². The van der Waals surface area contributed by atoms with Gasteiger partial charge in [0.25, 0.3) is 0 Å². The molecule has 0 radical (unpaired) electrons. The van der Waals surface area contributed by atoms with Crippen LogP contribution >= 0.6 is 11.3 Å². The standard InChI is InChI=1S/C24H23N3O5S/c1-15-21(23(30)32-14-16-6-4-3-5-7-16)33-24(25-15)26-22(29)17-12-20(28)27(13-17)18-8-10-19(31-2)11-9-18/h3-11,17H,12-14H2,1-2H3,(H,25,26,29). The van der Waals surface area contributed by atoms with E-state index in [2.05, 4.69) is 10.3 Å². The third kappa shape index (κ3) is 5.20. The van der Waals surface area contributed by atoms with Crippen LogP contribution in [-0.2, 0) is 20.9 Å². The number of carbonyl (C=O) groups excluding carboxylic acids is 3. The molecule has 1 fully saturated rings. The number of nitrogens with zero attached hydrogens (tertiary/aromatic N) is 2. The molecular formula is C24H23N3O5S. The Morgan fingerprint density at radius 1 is 1.15 bits per heavy atom. The summed E-state index contributed by atoms with van der Waals surface area (Å²) in [5.74, 6) is -0.747. The number of amides is 2. The van der Waals surface area contributed by atoms with Gasteiger partial charge in [0.1, 0.15) is 17.2 Å². The Labute approximate surface area is 195 Å². The lowest BCUT2D eigenvalue weighted by Crippen LogP contribution is -2.28. The van der Waals surface area contributed by atoms with E-state index in [-0.39, 0.29) is 31.4 Å². The second kappa shape index (κ2) is 9.83. The minimum atomic E-state index is -0.516. The highest BCUT2D eigenvalue weighted by Crippen LogP contribution is 2.29. The summed E-state index contributed by atoms with van der Waals surface area (Å²) >= 11 is 1.06. The van der Waals surface area contributed by atoms with E-state index in [0.29, 0.717) is 27.1 Å². The van der Waals surface area contributed by atoms with E-state index >= 15 is 0 Å². The van der Waals surface area contributed by atoms with Gasteiger partial charge in [-0.2, -0.15) is 0 Å². The highest BCUT2D eigenvalue weighted by atomic mass is 32.1. The van der Waals surface area contributed by atoms with Gasteiger partial charge in [-0.3, -0.25) is 9.59 Å². The number of benzene rings is 2. The number of anilines is 2. The fraction of sp³-hybridized carbons (Fsp3) is 0.250. The summed E-state index contributed by atoms with van der Waals surface area (Å²) in [6, 6.07) is 16.5. The highest BCUT2D eigenvalue weighted by molar-refractivity contribution is 7.17. The number of aryl methyl sites for hydroxylation is 1. The first-order valence-electron chi connectivity index (χ1n) is 10.4. The quantitative estimate of drug-likeness (QED) is 0.533. The molecule has 2 aromatic carbocycles. The zero-order valence-electron chi connectivity index (χ0n) is 18.2. The first-order valence-corrected chi connectivity index (χ1v) is 11.2. The van der Waals surface area contributed by atoms with Crippen LogP contribution in [0.2, 0.25) is 0 Å². The molecule has 8 nitrogen and oxygen atoms in total. The molecule has 0 bridgehead atoms. The maximum absolute atomic E-state index is 12.8. The first kappa shape index (κ1) is 22.5. The minimum Gasteiger partial charge on any atom is -0.497 e. The summed E-state index contributed by atoms with van der Waals surface area (Å²) in [6.45, 7) is 2.12. The second-order valence-corrected chi connectivity index (χ2v) is 8.59. The summed E-state index contributed by atoms with van der Waals surface area (Å²) in [6.07, 6.45) is 0.105. The molecule has 33 heavy (non-hydrogen) atoms. The number of esters is 1. The summed E-state index contributed by atoms with van der Waals surface area (Å²) in [7, 11) is 1.57. The van der Waals surface area contributed by atoms with Crippen LogP contribution in [0.4, 0.5) is 10.8 Å². The van der Waals surface area contributed by atoms with Gasteiger partial charge in [0, 0.05) is 18.7 Å². The van der Waals surface area contributed by atoms with Crippen molar-refractivity contribution in [2.45, 2.75) is 20.0 Å². The summed E-state index contributed by atoms with van der Waals surface area (Å²) < 4.78 is 10.5. The van der Waals surface area contributed by atoms with Crippen molar-refractivity contribution in [3.63, 3.8) is 0 Å². The molecule has 3 aromatic rings. The number of rotatable bonds is 7. The SMILES string of the molecule is COc1ccc(N2CC(C(=O)Nc3nc(C)c(C(=O)OCc4ccccc4)s3)CC2=O)cc1. The molecule has 1 unspecified atom stereocenters. The Balaban J connectivity index is 1.36. The van der Waals surface area contributed by atoms with Crippen LogP contribution in [-0.4, -0.2) is 36.4 Å². The largest absolute Gasteiger partial charge is 0.497 e. The van der Waals surface area contributed by atoms with Crippen molar-refractivity contribution < 1.29 is 23.9 Å². The third-order valence-corrected chi connectivity index (χ3v) is 6.36. The number of nitrogens with one attached hydrogen (secondary N) is 1. The molecule has 1 aliphatic heterocycles. The van der Waals surface area contributed by atoms with Gasteiger partial charge < -0.3 is 19.7 Å². The lowest BCUT2D eigenvalue weighted by Gasteiger charge is -2.16. The molecule has 170 valence electrons. The number of hydrogen-bond donors (Lipinski definition) is 1. The van der Waals surface area contributed by atoms with E-state index in [0.717, 1.165) is 16.9 Å². The second-order valence-electron chi connectivity index (χ2n) is 7.59. The molecular weight excluding hydrogens is 442 g/mol. The van der Waals surface area contributed by atoms with E-state index in [1.54, 1.807) is 43.2 Å². The van der Waals surface area contributed by atoms with Crippen molar-refractivity contribution in [3.8, 4) is 5.75 Å². The Morgan fingerprint density at radius 2 is 1.88 bits per heavy atom. The summed E-state index contributed by atoms with van der Waals surface area (Å²) in [5, 5.41) is 3.05. The fourth-order valence-corrected chi connectivity index (χ4v) is 4.39. The lowest BCUT2D eigenvalue weighted by molar-refractivity contribution is -0.122. The lowest BCUT2D eigenvalue weighted by atomic mass is 10.1. The number of hydrogen-bond acceptors (Lipinski definition) is 7. The maximum Gasteiger partial charge on any atom is 0.350 e. The number of methoxy groups -OCH3 is 1. The van der Waals surface area contributed by atoms with E-state index in [1.165, 1.54) is 0 Å². The van der Waals surface area contributed by atoms with Gasteiger partial charge in [0.2, 0.25) is 11.8 Å². The Kier molecular flexibility index (Phi) is 6.69. The normalized spacial score (nSPS) is 15.4.